The fourth-order valence-electron chi connectivity index (χ4n) is 3.51. The lowest BCUT2D eigenvalue weighted by molar-refractivity contribution is 0.196. The Morgan fingerprint density at radius 2 is 2.21 bits per heavy atom. The molecule has 0 saturated heterocycles. The van der Waals surface area contributed by atoms with E-state index in [0.717, 1.165) is 17.5 Å². The molecule has 2 nitrogen and oxygen atoms in total. The number of hydrogen-bond donors (Lipinski definition) is 2. The minimum absolute atomic E-state index is 0.165. The number of nitrogens with two attached hydrogens (primary N) is 1. The Morgan fingerprint density at radius 3 is 2.79 bits per heavy atom. The molecule has 1 aromatic carbocycles. The summed E-state index contributed by atoms with van der Waals surface area (Å²) in [5, 5.41) is 0. The van der Waals surface area contributed by atoms with Gasteiger partial charge in [0.2, 0.25) is 0 Å². The average molecular weight is 264 g/mol. The number of nitrogens with one attached hydrogen (secondary N) is 1. The maximum atomic E-state index is 13.4. The Labute approximate surface area is 115 Å². The Bertz CT molecular complexity index is 442. The maximum absolute atomic E-state index is 13.4. The fraction of sp³-hybridized carbons (Fsp3) is 0.625. The van der Waals surface area contributed by atoms with Crippen molar-refractivity contribution in [1.29, 1.82) is 0 Å². The first-order valence-corrected chi connectivity index (χ1v) is 7.15. The van der Waals surface area contributed by atoms with Crippen LogP contribution >= 0.6 is 0 Å². The van der Waals surface area contributed by atoms with Crippen molar-refractivity contribution >= 4 is 0 Å². The standard InChI is InChI=1S/C16H25FN2/c1-11-6-7-13(17)9-12(11)10-15(19-18)14-5-4-8-16(14,2)3/h6-7,9,14-15,19H,4-5,8,10,18H2,1-3H3. The monoisotopic (exact) mass is 264 g/mol. The van der Waals surface area contributed by atoms with Crippen LogP contribution in [-0.2, 0) is 6.42 Å². The molecule has 0 bridgehead atoms. The molecule has 1 aliphatic carbocycles. The number of hydrazine groups is 1. The molecule has 2 unspecified atom stereocenters. The summed E-state index contributed by atoms with van der Waals surface area (Å²) < 4.78 is 13.4. The van der Waals surface area contributed by atoms with Crippen LogP contribution in [0.5, 0.6) is 0 Å². The molecular weight excluding hydrogens is 239 g/mol. The molecular formula is C16H25FN2. The summed E-state index contributed by atoms with van der Waals surface area (Å²) in [6, 6.07) is 5.22. The summed E-state index contributed by atoms with van der Waals surface area (Å²) in [4.78, 5) is 0. The van der Waals surface area contributed by atoms with Crippen molar-refractivity contribution in [2.24, 2.45) is 17.2 Å². The number of aryl methyl sites for hydroxylation is 1. The van der Waals surface area contributed by atoms with E-state index in [-0.39, 0.29) is 11.9 Å². The van der Waals surface area contributed by atoms with Crippen molar-refractivity contribution in [2.45, 2.75) is 52.5 Å². The average Bonchev–Trinajstić information content (AvgIpc) is 2.70. The van der Waals surface area contributed by atoms with Crippen molar-refractivity contribution in [3.8, 4) is 0 Å². The van der Waals surface area contributed by atoms with E-state index >= 15 is 0 Å². The van der Waals surface area contributed by atoms with Gasteiger partial charge in [0.15, 0.2) is 0 Å². The van der Waals surface area contributed by atoms with Crippen LogP contribution in [0.4, 0.5) is 4.39 Å². The molecule has 106 valence electrons. The summed E-state index contributed by atoms with van der Waals surface area (Å²) in [5.74, 6) is 6.16. The highest BCUT2D eigenvalue weighted by molar-refractivity contribution is 5.27. The van der Waals surface area contributed by atoms with Gasteiger partial charge in [0, 0.05) is 6.04 Å². The smallest absolute Gasteiger partial charge is 0.123 e. The second-order valence-corrected chi connectivity index (χ2v) is 6.54. The molecule has 0 radical (unpaired) electrons. The maximum Gasteiger partial charge on any atom is 0.123 e. The molecule has 1 aromatic rings. The number of hydrogen-bond acceptors (Lipinski definition) is 2. The minimum atomic E-state index is -0.165. The van der Waals surface area contributed by atoms with Gasteiger partial charge in [-0.25, -0.2) is 4.39 Å². The van der Waals surface area contributed by atoms with Gasteiger partial charge in [0.25, 0.3) is 0 Å². The lowest BCUT2D eigenvalue weighted by atomic mass is 9.76. The number of rotatable bonds is 4. The van der Waals surface area contributed by atoms with E-state index in [1.807, 2.05) is 13.0 Å². The molecule has 1 fully saturated rings. The Kier molecular flexibility index (Phi) is 4.26. The zero-order chi connectivity index (χ0) is 14.0. The Morgan fingerprint density at radius 1 is 1.47 bits per heavy atom. The van der Waals surface area contributed by atoms with E-state index < -0.39 is 0 Å². The van der Waals surface area contributed by atoms with Gasteiger partial charge in [-0.3, -0.25) is 11.3 Å². The summed E-state index contributed by atoms with van der Waals surface area (Å²) >= 11 is 0. The Balaban J connectivity index is 2.17. The summed E-state index contributed by atoms with van der Waals surface area (Å²) in [5.41, 5.74) is 5.49. The van der Waals surface area contributed by atoms with E-state index in [2.05, 4.69) is 19.3 Å². The first kappa shape index (κ1) is 14.5. The zero-order valence-corrected chi connectivity index (χ0v) is 12.2. The lowest BCUT2D eigenvalue weighted by Gasteiger charge is -2.34. The topological polar surface area (TPSA) is 38.0 Å². The van der Waals surface area contributed by atoms with Crippen LogP contribution in [0.1, 0.15) is 44.2 Å². The first-order valence-electron chi connectivity index (χ1n) is 7.15. The van der Waals surface area contributed by atoms with Gasteiger partial charge in [-0.15, -0.1) is 0 Å². The molecule has 3 heteroatoms. The van der Waals surface area contributed by atoms with Gasteiger partial charge in [0.05, 0.1) is 0 Å². The normalized spacial score (nSPS) is 23.5. The molecule has 0 heterocycles. The van der Waals surface area contributed by atoms with Crippen LogP contribution in [0.2, 0.25) is 0 Å². The van der Waals surface area contributed by atoms with E-state index in [9.17, 15) is 4.39 Å². The van der Waals surface area contributed by atoms with Crippen LogP contribution in [-0.4, -0.2) is 6.04 Å². The second kappa shape index (κ2) is 5.59. The number of benzene rings is 1. The molecule has 1 saturated carbocycles. The van der Waals surface area contributed by atoms with Crippen molar-refractivity contribution < 1.29 is 4.39 Å². The highest BCUT2D eigenvalue weighted by Gasteiger charge is 2.39. The van der Waals surface area contributed by atoms with Gasteiger partial charge >= 0.3 is 0 Å². The molecule has 0 aliphatic heterocycles. The predicted octanol–water partition coefficient (Wildman–Crippen LogP) is 3.33. The third-order valence-corrected chi connectivity index (χ3v) is 4.79. The highest BCUT2D eigenvalue weighted by atomic mass is 19.1. The van der Waals surface area contributed by atoms with Gasteiger partial charge in [0.1, 0.15) is 5.82 Å². The van der Waals surface area contributed by atoms with Gasteiger partial charge in [-0.05, 0) is 60.8 Å². The fourth-order valence-corrected chi connectivity index (χ4v) is 3.51. The molecule has 1 aliphatic rings. The molecule has 0 amide bonds. The molecule has 0 spiro atoms. The SMILES string of the molecule is Cc1ccc(F)cc1CC(NN)C1CCCC1(C)C. The largest absolute Gasteiger partial charge is 0.271 e. The molecule has 19 heavy (non-hydrogen) atoms. The zero-order valence-electron chi connectivity index (χ0n) is 12.2. The van der Waals surface area contributed by atoms with E-state index in [4.69, 9.17) is 5.84 Å². The van der Waals surface area contributed by atoms with Crippen molar-refractivity contribution in [1.82, 2.24) is 5.43 Å². The lowest BCUT2D eigenvalue weighted by Crippen LogP contribution is -2.46. The van der Waals surface area contributed by atoms with Crippen LogP contribution < -0.4 is 11.3 Å². The van der Waals surface area contributed by atoms with Crippen molar-refractivity contribution in [2.75, 3.05) is 0 Å². The predicted molar refractivity (Wildman–Crippen MR) is 77.1 cm³/mol. The van der Waals surface area contributed by atoms with E-state index in [1.165, 1.54) is 25.3 Å². The number of halogens is 1. The first-order chi connectivity index (χ1) is 8.94. The van der Waals surface area contributed by atoms with Crippen molar-refractivity contribution in [3.05, 3.63) is 35.1 Å². The Hall–Kier alpha value is -0.930. The molecule has 3 N–H and O–H groups in total. The molecule has 2 atom stereocenters. The van der Waals surface area contributed by atoms with Crippen LogP contribution in [0.3, 0.4) is 0 Å². The van der Waals surface area contributed by atoms with Crippen LogP contribution in [0, 0.1) is 24.1 Å². The van der Waals surface area contributed by atoms with E-state index in [1.54, 1.807) is 6.07 Å². The van der Waals surface area contributed by atoms with Crippen LogP contribution in [0.25, 0.3) is 0 Å². The summed E-state index contributed by atoms with van der Waals surface area (Å²) in [6.45, 7) is 6.66. The van der Waals surface area contributed by atoms with Gasteiger partial charge in [-0.2, -0.15) is 0 Å². The third-order valence-electron chi connectivity index (χ3n) is 4.79. The highest BCUT2D eigenvalue weighted by Crippen LogP contribution is 2.44. The minimum Gasteiger partial charge on any atom is -0.271 e. The summed E-state index contributed by atoms with van der Waals surface area (Å²) in [7, 11) is 0. The van der Waals surface area contributed by atoms with Gasteiger partial charge < -0.3 is 0 Å². The van der Waals surface area contributed by atoms with Gasteiger partial charge in [-0.1, -0.05) is 26.3 Å². The third kappa shape index (κ3) is 3.15. The van der Waals surface area contributed by atoms with Crippen LogP contribution in [0.15, 0.2) is 18.2 Å². The van der Waals surface area contributed by atoms with Crippen molar-refractivity contribution in [3.63, 3.8) is 0 Å². The summed E-state index contributed by atoms with van der Waals surface area (Å²) in [6.07, 6.45) is 4.51. The molecule has 0 aromatic heterocycles. The van der Waals surface area contributed by atoms with E-state index in [0.29, 0.717) is 11.3 Å². The quantitative estimate of drug-likeness (QED) is 0.646. The molecule has 2 rings (SSSR count). The second-order valence-electron chi connectivity index (χ2n) is 6.54.